The van der Waals surface area contributed by atoms with Crippen molar-refractivity contribution < 1.29 is 14.2 Å². The van der Waals surface area contributed by atoms with Gasteiger partial charge in [0.05, 0.1) is 0 Å². The van der Waals surface area contributed by atoms with Crippen LogP contribution in [-0.4, -0.2) is 26.1 Å². The first-order valence-corrected chi connectivity index (χ1v) is 6.58. The number of hydrogen-bond acceptors (Lipinski definition) is 3. The first-order valence-electron chi connectivity index (χ1n) is 5.79. The van der Waals surface area contributed by atoms with Crippen molar-refractivity contribution in [1.29, 1.82) is 0 Å². The first kappa shape index (κ1) is 14.5. The molecule has 0 amide bonds. The molecule has 0 saturated heterocycles. The number of rotatable bonds is 7. The Kier molecular flexibility index (Phi) is 6.55. The molecular weight excluding hydrogens is 284 g/mol. The highest BCUT2D eigenvalue weighted by molar-refractivity contribution is 9.10. The van der Waals surface area contributed by atoms with Crippen LogP contribution in [0.1, 0.15) is 19.4 Å². The van der Waals surface area contributed by atoms with Crippen LogP contribution in [0.5, 0.6) is 5.75 Å². The Morgan fingerprint density at radius 2 is 1.82 bits per heavy atom. The van der Waals surface area contributed by atoms with Crippen molar-refractivity contribution in [3.05, 3.63) is 28.2 Å². The summed E-state index contributed by atoms with van der Waals surface area (Å²) in [5, 5.41) is 0. The van der Waals surface area contributed by atoms with Crippen LogP contribution in [0.15, 0.2) is 22.7 Å². The third-order valence-electron chi connectivity index (χ3n) is 2.22. The molecule has 1 aromatic carbocycles. The van der Waals surface area contributed by atoms with Crippen LogP contribution in [0.4, 0.5) is 0 Å². The Hall–Kier alpha value is -0.580. The molecule has 0 spiro atoms. The lowest BCUT2D eigenvalue weighted by molar-refractivity contribution is -0.152. The lowest BCUT2D eigenvalue weighted by atomic mass is 10.2. The van der Waals surface area contributed by atoms with E-state index < -0.39 is 0 Å². The third-order valence-corrected chi connectivity index (χ3v) is 3.11. The molecule has 1 rings (SSSR count). The lowest BCUT2D eigenvalue weighted by Crippen LogP contribution is -2.25. The zero-order valence-electron chi connectivity index (χ0n) is 10.5. The molecule has 17 heavy (non-hydrogen) atoms. The summed E-state index contributed by atoms with van der Waals surface area (Å²) >= 11 is 3.45. The molecule has 0 aliphatic carbocycles. The van der Waals surface area contributed by atoms with Crippen molar-refractivity contribution in [2.45, 2.75) is 27.1 Å². The van der Waals surface area contributed by atoms with Gasteiger partial charge in [-0.1, -0.05) is 15.9 Å². The van der Waals surface area contributed by atoms with Crippen molar-refractivity contribution in [3.8, 4) is 5.75 Å². The number of benzene rings is 1. The molecular formula is C13H19BrO3. The van der Waals surface area contributed by atoms with Gasteiger partial charge < -0.3 is 14.2 Å². The van der Waals surface area contributed by atoms with Gasteiger partial charge in [-0.05, 0) is 44.5 Å². The second-order valence-corrected chi connectivity index (χ2v) is 4.42. The van der Waals surface area contributed by atoms with Crippen molar-refractivity contribution in [2.24, 2.45) is 0 Å². The predicted octanol–water partition coefficient (Wildman–Crippen LogP) is 3.54. The zero-order chi connectivity index (χ0) is 12.7. The molecule has 3 nitrogen and oxygen atoms in total. The van der Waals surface area contributed by atoms with Crippen molar-refractivity contribution in [3.63, 3.8) is 0 Å². The predicted molar refractivity (Wildman–Crippen MR) is 71.4 cm³/mol. The summed E-state index contributed by atoms with van der Waals surface area (Å²) < 4.78 is 17.5. The topological polar surface area (TPSA) is 27.7 Å². The highest BCUT2D eigenvalue weighted by atomic mass is 79.9. The second-order valence-electron chi connectivity index (χ2n) is 3.56. The van der Waals surface area contributed by atoms with Gasteiger partial charge in [0, 0.05) is 17.7 Å². The molecule has 0 aromatic heterocycles. The molecule has 4 heteroatoms. The van der Waals surface area contributed by atoms with E-state index >= 15 is 0 Å². The van der Waals surface area contributed by atoms with E-state index in [-0.39, 0.29) is 6.29 Å². The molecule has 0 fully saturated rings. The Balaban J connectivity index is 2.49. The van der Waals surface area contributed by atoms with Crippen molar-refractivity contribution in [1.82, 2.24) is 0 Å². The van der Waals surface area contributed by atoms with E-state index in [1.807, 2.05) is 39.0 Å². The summed E-state index contributed by atoms with van der Waals surface area (Å²) in [5.41, 5.74) is 1.15. The minimum atomic E-state index is -0.297. The van der Waals surface area contributed by atoms with Gasteiger partial charge in [0.1, 0.15) is 12.4 Å². The van der Waals surface area contributed by atoms with Crippen LogP contribution in [0.3, 0.4) is 0 Å². The van der Waals surface area contributed by atoms with Gasteiger partial charge in [-0.25, -0.2) is 0 Å². The Morgan fingerprint density at radius 3 is 2.35 bits per heavy atom. The number of halogens is 1. The van der Waals surface area contributed by atoms with Crippen LogP contribution in [-0.2, 0) is 9.47 Å². The minimum Gasteiger partial charge on any atom is -0.488 e. The van der Waals surface area contributed by atoms with Gasteiger partial charge in [-0.3, -0.25) is 0 Å². The summed E-state index contributed by atoms with van der Waals surface area (Å²) in [5.74, 6) is 0.829. The summed E-state index contributed by atoms with van der Waals surface area (Å²) in [6, 6.07) is 5.88. The van der Waals surface area contributed by atoms with Crippen LogP contribution in [0.25, 0.3) is 0 Å². The van der Waals surface area contributed by atoms with E-state index in [1.165, 1.54) is 0 Å². The smallest absolute Gasteiger partial charge is 0.191 e. The lowest BCUT2D eigenvalue weighted by Gasteiger charge is -2.17. The third kappa shape index (κ3) is 5.06. The average molecular weight is 303 g/mol. The van der Waals surface area contributed by atoms with Gasteiger partial charge >= 0.3 is 0 Å². The van der Waals surface area contributed by atoms with E-state index in [0.717, 1.165) is 15.8 Å². The first-order chi connectivity index (χ1) is 8.17. The number of aryl methyl sites for hydroxylation is 1. The molecule has 0 radical (unpaired) electrons. The minimum absolute atomic E-state index is 0.297. The summed E-state index contributed by atoms with van der Waals surface area (Å²) in [6.45, 7) is 7.55. The molecule has 0 N–H and O–H groups in total. The molecule has 0 aliphatic heterocycles. The van der Waals surface area contributed by atoms with Crippen LogP contribution < -0.4 is 4.74 Å². The number of hydrogen-bond donors (Lipinski definition) is 0. The van der Waals surface area contributed by atoms with E-state index in [0.29, 0.717) is 19.8 Å². The van der Waals surface area contributed by atoms with E-state index in [9.17, 15) is 0 Å². The Bertz CT molecular complexity index is 335. The van der Waals surface area contributed by atoms with Gasteiger partial charge in [0.15, 0.2) is 6.29 Å². The van der Waals surface area contributed by atoms with E-state index in [2.05, 4.69) is 15.9 Å². The van der Waals surface area contributed by atoms with Gasteiger partial charge in [0.2, 0.25) is 0 Å². The fourth-order valence-electron chi connectivity index (χ4n) is 1.39. The molecule has 1 aromatic rings. The molecule has 0 heterocycles. The van der Waals surface area contributed by atoms with Crippen LogP contribution in [0, 0.1) is 6.92 Å². The largest absolute Gasteiger partial charge is 0.488 e. The maximum Gasteiger partial charge on any atom is 0.191 e. The highest BCUT2D eigenvalue weighted by Gasteiger charge is 2.09. The molecule has 0 aliphatic rings. The molecule has 0 unspecified atom stereocenters. The SMILES string of the molecule is CCOC(COc1ccc(Br)c(C)c1)OCC. The summed E-state index contributed by atoms with van der Waals surface area (Å²) in [7, 11) is 0. The van der Waals surface area contributed by atoms with Gasteiger partial charge in [-0.15, -0.1) is 0 Å². The fourth-order valence-corrected chi connectivity index (χ4v) is 1.63. The highest BCUT2D eigenvalue weighted by Crippen LogP contribution is 2.21. The molecule has 0 bridgehead atoms. The maximum atomic E-state index is 5.64. The quantitative estimate of drug-likeness (QED) is 0.721. The van der Waals surface area contributed by atoms with Crippen molar-refractivity contribution in [2.75, 3.05) is 19.8 Å². The molecule has 0 saturated carbocycles. The Labute approximate surface area is 111 Å². The fraction of sp³-hybridized carbons (Fsp3) is 0.538. The normalized spacial score (nSPS) is 10.9. The zero-order valence-corrected chi connectivity index (χ0v) is 12.1. The monoisotopic (exact) mass is 302 g/mol. The van der Waals surface area contributed by atoms with E-state index in [1.54, 1.807) is 0 Å². The van der Waals surface area contributed by atoms with Gasteiger partial charge in [0.25, 0.3) is 0 Å². The standard InChI is InChI=1S/C13H19BrO3/c1-4-15-13(16-5-2)9-17-11-6-7-12(14)10(3)8-11/h6-8,13H,4-5,9H2,1-3H3. The maximum absolute atomic E-state index is 5.64. The number of ether oxygens (including phenoxy) is 3. The van der Waals surface area contributed by atoms with Crippen LogP contribution in [0.2, 0.25) is 0 Å². The molecule has 96 valence electrons. The summed E-state index contributed by atoms with van der Waals surface area (Å²) in [6.07, 6.45) is -0.297. The van der Waals surface area contributed by atoms with Gasteiger partial charge in [-0.2, -0.15) is 0 Å². The van der Waals surface area contributed by atoms with E-state index in [4.69, 9.17) is 14.2 Å². The van der Waals surface area contributed by atoms with Crippen molar-refractivity contribution >= 4 is 15.9 Å². The average Bonchev–Trinajstić information content (AvgIpc) is 2.31. The second kappa shape index (κ2) is 7.69. The van der Waals surface area contributed by atoms with Crippen LogP contribution >= 0.6 is 15.9 Å². The Morgan fingerprint density at radius 1 is 1.18 bits per heavy atom. The summed E-state index contributed by atoms with van der Waals surface area (Å²) in [4.78, 5) is 0. The molecule has 0 atom stereocenters.